The standard InChI is InChI=1S/C15H20O6S/c1-3-20-14(17)13-8-15(13,9-16)10-21-22(18,19)12-6-4-11(2)5-7-12/h4-7,13,16H,3,8-10H2,1-2H3. The minimum absolute atomic E-state index is 0.0551. The molecule has 1 N–H and O–H groups in total. The van der Waals surface area contributed by atoms with Crippen molar-refractivity contribution < 1.29 is 27.2 Å². The lowest BCUT2D eigenvalue weighted by Gasteiger charge is -2.14. The summed E-state index contributed by atoms with van der Waals surface area (Å²) in [6.45, 7) is 3.24. The van der Waals surface area contributed by atoms with E-state index in [1.165, 1.54) is 12.1 Å². The van der Waals surface area contributed by atoms with Gasteiger partial charge >= 0.3 is 5.97 Å². The zero-order valence-electron chi connectivity index (χ0n) is 12.6. The Morgan fingerprint density at radius 2 is 2.00 bits per heavy atom. The highest BCUT2D eigenvalue weighted by Crippen LogP contribution is 2.53. The van der Waals surface area contributed by atoms with Crippen molar-refractivity contribution in [2.75, 3.05) is 19.8 Å². The lowest BCUT2D eigenvalue weighted by Crippen LogP contribution is -2.24. The van der Waals surface area contributed by atoms with E-state index >= 15 is 0 Å². The summed E-state index contributed by atoms with van der Waals surface area (Å²) in [7, 11) is -3.90. The van der Waals surface area contributed by atoms with E-state index in [-0.39, 0.29) is 24.7 Å². The van der Waals surface area contributed by atoms with Gasteiger partial charge in [-0.05, 0) is 32.4 Å². The molecule has 1 fully saturated rings. The van der Waals surface area contributed by atoms with Crippen molar-refractivity contribution in [2.45, 2.75) is 25.2 Å². The molecular weight excluding hydrogens is 308 g/mol. The Bertz CT molecular complexity index is 637. The number of aliphatic hydroxyl groups excluding tert-OH is 1. The second kappa shape index (κ2) is 6.36. The highest BCUT2D eigenvalue weighted by atomic mass is 32.2. The van der Waals surface area contributed by atoms with E-state index in [1.807, 2.05) is 6.92 Å². The second-order valence-corrected chi connectivity index (χ2v) is 7.17. The number of ether oxygens (including phenoxy) is 1. The minimum atomic E-state index is -3.90. The zero-order chi connectivity index (χ0) is 16.4. The van der Waals surface area contributed by atoms with Crippen LogP contribution in [0.2, 0.25) is 0 Å². The summed E-state index contributed by atoms with van der Waals surface area (Å²) >= 11 is 0. The van der Waals surface area contributed by atoms with Gasteiger partial charge < -0.3 is 9.84 Å². The fourth-order valence-corrected chi connectivity index (χ4v) is 3.27. The van der Waals surface area contributed by atoms with Crippen molar-refractivity contribution in [2.24, 2.45) is 11.3 Å². The molecule has 2 atom stereocenters. The van der Waals surface area contributed by atoms with Crippen molar-refractivity contribution in [3.05, 3.63) is 29.8 Å². The molecule has 1 aromatic rings. The van der Waals surface area contributed by atoms with Gasteiger partial charge in [-0.15, -0.1) is 0 Å². The van der Waals surface area contributed by atoms with Gasteiger partial charge in [-0.25, -0.2) is 0 Å². The van der Waals surface area contributed by atoms with Crippen LogP contribution in [0.5, 0.6) is 0 Å². The Balaban J connectivity index is 2.02. The maximum absolute atomic E-state index is 12.1. The lowest BCUT2D eigenvalue weighted by molar-refractivity contribution is -0.146. The first-order chi connectivity index (χ1) is 10.3. The van der Waals surface area contributed by atoms with Crippen molar-refractivity contribution >= 4 is 16.1 Å². The van der Waals surface area contributed by atoms with Crippen LogP contribution < -0.4 is 0 Å². The van der Waals surface area contributed by atoms with Gasteiger partial charge in [0.15, 0.2) is 0 Å². The molecule has 0 aliphatic heterocycles. The van der Waals surface area contributed by atoms with Crippen LogP contribution in [0, 0.1) is 18.3 Å². The molecule has 0 spiro atoms. The molecule has 1 aromatic carbocycles. The van der Waals surface area contributed by atoms with Gasteiger partial charge in [0, 0.05) is 5.41 Å². The Kier molecular flexibility index (Phi) is 4.89. The Morgan fingerprint density at radius 1 is 1.36 bits per heavy atom. The van der Waals surface area contributed by atoms with Crippen LogP contribution in [-0.4, -0.2) is 39.3 Å². The highest BCUT2D eigenvalue weighted by molar-refractivity contribution is 7.86. The van der Waals surface area contributed by atoms with Gasteiger partial charge in [0.1, 0.15) is 0 Å². The smallest absolute Gasteiger partial charge is 0.309 e. The molecule has 2 unspecified atom stereocenters. The van der Waals surface area contributed by atoms with Gasteiger partial charge in [0.2, 0.25) is 0 Å². The summed E-state index contributed by atoms with van der Waals surface area (Å²) in [6.07, 6.45) is 0.367. The molecule has 0 saturated heterocycles. The first kappa shape index (κ1) is 16.9. The van der Waals surface area contributed by atoms with Crippen LogP contribution >= 0.6 is 0 Å². The summed E-state index contributed by atoms with van der Waals surface area (Å²) in [5.41, 5.74) is 0.0830. The summed E-state index contributed by atoms with van der Waals surface area (Å²) in [5.74, 6) is -0.932. The molecule has 1 saturated carbocycles. The van der Waals surface area contributed by atoms with E-state index in [0.29, 0.717) is 6.42 Å². The zero-order valence-corrected chi connectivity index (χ0v) is 13.4. The fraction of sp³-hybridized carbons (Fsp3) is 0.533. The number of rotatable bonds is 7. The maximum atomic E-state index is 12.1. The Hall–Kier alpha value is -1.44. The number of aryl methyl sites for hydroxylation is 1. The van der Waals surface area contributed by atoms with E-state index in [0.717, 1.165) is 5.56 Å². The first-order valence-electron chi connectivity index (χ1n) is 7.08. The number of aliphatic hydroxyl groups is 1. The number of carbonyl (C=O) groups excluding carboxylic acids is 1. The number of esters is 1. The van der Waals surface area contributed by atoms with Crippen LogP contribution in [0.4, 0.5) is 0 Å². The number of hydrogen-bond acceptors (Lipinski definition) is 6. The quantitative estimate of drug-likeness (QED) is 0.599. The van der Waals surface area contributed by atoms with Crippen LogP contribution in [0.25, 0.3) is 0 Å². The van der Waals surface area contributed by atoms with E-state index < -0.39 is 27.4 Å². The third kappa shape index (κ3) is 3.48. The SMILES string of the molecule is CCOC(=O)C1CC1(CO)COS(=O)(=O)c1ccc(C)cc1. The van der Waals surface area contributed by atoms with E-state index in [2.05, 4.69) is 0 Å². The number of benzene rings is 1. The van der Waals surface area contributed by atoms with Gasteiger partial charge in [-0.3, -0.25) is 8.98 Å². The van der Waals surface area contributed by atoms with E-state index in [4.69, 9.17) is 8.92 Å². The molecule has 1 aliphatic rings. The molecule has 6 nitrogen and oxygen atoms in total. The van der Waals surface area contributed by atoms with Gasteiger partial charge in [0.25, 0.3) is 10.1 Å². The second-order valence-electron chi connectivity index (χ2n) is 5.56. The van der Waals surface area contributed by atoms with Crippen molar-refractivity contribution in [1.82, 2.24) is 0 Å². The minimum Gasteiger partial charge on any atom is -0.466 e. The predicted molar refractivity (Wildman–Crippen MR) is 78.6 cm³/mol. The molecule has 1 aliphatic carbocycles. The monoisotopic (exact) mass is 328 g/mol. The van der Waals surface area contributed by atoms with Gasteiger partial charge in [-0.1, -0.05) is 17.7 Å². The fourth-order valence-electron chi connectivity index (χ4n) is 2.27. The molecular formula is C15H20O6S. The van der Waals surface area contributed by atoms with E-state index in [1.54, 1.807) is 19.1 Å². The molecule has 0 aromatic heterocycles. The maximum Gasteiger partial charge on any atom is 0.309 e. The number of carbonyl (C=O) groups is 1. The van der Waals surface area contributed by atoms with Gasteiger partial charge in [-0.2, -0.15) is 8.42 Å². The predicted octanol–water partition coefficient (Wildman–Crippen LogP) is 1.26. The lowest BCUT2D eigenvalue weighted by atomic mass is 10.1. The topological polar surface area (TPSA) is 89.9 Å². The molecule has 0 radical (unpaired) electrons. The first-order valence-corrected chi connectivity index (χ1v) is 8.49. The third-order valence-electron chi connectivity index (χ3n) is 3.89. The van der Waals surface area contributed by atoms with Crippen LogP contribution in [0.1, 0.15) is 18.9 Å². The van der Waals surface area contributed by atoms with Crippen LogP contribution in [0.15, 0.2) is 29.2 Å². The van der Waals surface area contributed by atoms with E-state index in [9.17, 15) is 18.3 Å². The summed E-state index contributed by atoms with van der Waals surface area (Å²) < 4.78 is 34.2. The number of hydrogen-bond donors (Lipinski definition) is 1. The summed E-state index contributed by atoms with van der Waals surface area (Å²) in [5, 5.41) is 9.47. The summed E-state index contributed by atoms with van der Waals surface area (Å²) in [6, 6.07) is 6.28. The molecule has 0 heterocycles. The summed E-state index contributed by atoms with van der Waals surface area (Å²) in [4.78, 5) is 11.7. The molecule has 0 bridgehead atoms. The normalized spacial score (nSPS) is 24.0. The third-order valence-corrected chi connectivity index (χ3v) is 5.16. The Morgan fingerprint density at radius 3 is 2.55 bits per heavy atom. The molecule has 2 rings (SSSR count). The Labute approximate surface area is 130 Å². The molecule has 122 valence electrons. The average molecular weight is 328 g/mol. The average Bonchev–Trinajstić information content (AvgIpc) is 3.22. The van der Waals surface area contributed by atoms with Crippen LogP contribution in [-0.2, 0) is 23.8 Å². The molecule has 0 amide bonds. The van der Waals surface area contributed by atoms with Crippen molar-refractivity contribution in [1.29, 1.82) is 0 Å². The van der Waals surface area contributed by atoms with Crippen molar-refractivity contribution in [3.8, 4) is 0 Å². The molecule has 7 heteroatoms. The molecule has 22 heavy (non-hydrogen) atoms. The largest absolute Gasteiger partial charge is 0.466 e. The van der Waals surface area contributed by atoms with Crippen molar-refractivity contribution in [3.63, 3.8) is 0 Å². The van der Waals surface area contributed by atoms with Gasteiger partial charge in [0.05, 0.1) is 30.6 Å². The van der Waals surface area contributed by atoms with Crippen LogP contribution in [0.3, 0.4) is 0 Å². The highest BCUT2D eigenvalue weighted by Gasteiger charge is 2.59.